The number of nitrogens with zero attached hydrogens (tertiary/aromatic N) is 2. The molecule has 0 fully saturated rings. The molecule has 0 aliphatic carbocycles. The Balaban J connectivity index is 2.61. The molecule has 2 N–H and O–H groups in total. The Bertz CT molecular complexity index is 656. The number of aromatic nitrogens is 2. The first-order valence-corrected chi connectivity index (χ1v) is 7.17. The van der Waals surface area contributed by atoms with E-state index in [2.05, 4.69) is 24.2 Å². The molecule has 2 aromatic rings. The van der Waals surface area contributed by atoms with Crippen molar-refractivity contribution >= 4 is 5.91 Å². The van der Waals surface area contributed by atoms with Crippen molar-refractivity contribution in [2.75, 3.05) is 0 Å². The number of aryl methyl sites for hydroxylation is 1. The maximum atomic E-state index is 11.8. The third kappa shape index (κ3) is 2.58. The Hall–Kier alpha value is -2.10. The molecule has 0 spiro atoms. The predicted octanol–water partition coefficient (Wildman–Crippen LogP) is 3.24. The number of primary amides is 1. The van der Waals surface area contributed by atoms with Gasteiger partial charge in [-0.25, -0.2) is 0 Å². The summed E-state index contributed by atoms with van der Waals surface area (Å²) in [5, 5.41) is 4.64. The van der Waals surface area contributed by atoms with Crippen molar-refractivity contribution in [3.05, 3.63) is 41.6 Å². The van der Waals surface area contributed by atoms with Crippen molar-refractivity contribution in [2.24, 2.45) is 11.1 Å². The van der Waals surface area contributed by atoms with Crippen LogP contribution in [0.1, 0.15) is 38.1 Å². The highest BCUT2D eigenvalue weighted by molar-refractivity contribution is 5.80. The summed E-state index contributed by atoms with van der Waals surface area (Å²) < 4.78 is 1.94. The van der Waals surface area contributed by atoms with Gasteiger partial charge in [0, 0.05) is 5.56 Å². The summed E-state index contributed by atoms with van der Waals surface area (Å²) in [6.45, 7) is 9.76. The lowest BCUT2D eigenvalue weighted by Crippen LogP contribution is -2.38. The second kappa shape index (κ2) is 5.35. The summed E-state index contributed by atoms with van der Waals surface area (Å²) >= 11 is 0. The first kappa shape index (κ1) is 15.3. The lowest BCUT2D eigenvalue weighted by Gasteiger charge is -2.30. The van der Waals surface area contributed by atoms with Gasteiger partial charge < -0.3 is 5.73 Å². The number of benzene rings is 1. The Labute approximate surface area is 126 Å². The maximum Gasteiger partial charge on any atom is 0.225 e. The lowest BCUT2D eigenvalue weighted by atomic mass is 9.84. The van der Waals surface area contributed by atoms with Crippen LogP contribution < -0.4 is 5.73 Å². The molecule has 1 amide bonds. The molecule has 2 rings (SSSR count). The number of nitrogens with two attached hydrogens (primary N) is 1. The fourth-order valence-electron chi connectivity index (χ4n) is 2.37. The predicted molar refractivity (Wildman–Crippen MR) is 84.8 cm³/mol. The van der Waals surface area contributed by atoms with Crippen LogP contribution in [0.3, 0.4) is 0 Å². The van der Waals surface area contributed by atoms with Crippen molar-refractivity contribution in [1.29, 1.82) is 0 Å². The largest absolute Gasteiger partial charge is 0.369 e. The summed E-state index contributed by atoms with van der Waals surface area (Å²) in [7, 11) is 0. The van der Waals surface area contributed by atoms with Crippen LogP contribution in [0.4, 0.5) is 0 Å². The molecule has 1 heterocycles. The number of rotatable bonds is 4. The van der Waals surface area contributed by atoms with E-state index in [1.807, 2.05) is 50.6 Å². The number of hydrogen-bond acceptors (Lipinski definition) is 2. The Morgan fingerprint density at radius 2 is 1.81 bits per heavy atom. The van der Waals surface area contributed by atoms with Crippen LogP contribution in [-0.2, 0) is 4.79 Å². The van der Waals surface area contributed by atoms with Crippen LogP contribution in [0.25, 0.3) is 11.3 Å². The molecule has 0 aliphatic heterocycles. The van der Waals surface area contributed by atoms with Gasteiger partial charge in [0.05, 0.1) is 22.8 Å². The van der Waals surface area contributed by atoms with Gasteiger partial charge in [0.15, 0.2) is 0 Å². The highest BCUT2D eigenvalue weighted by Crippen LogP contribution is 2.36. The van der Waals surface area contributed by atoms with Gasteiger partial charge in [-0.15, -0.1) is 0 Å². The summed E-state index contributed by atoms with van der Waals surface area (Å²) in [5.41, 5.74) is 9.15. The SMILES string of the molecule is Cc1nn(C(C)C(C)(C)C(N)=O)c(-c2ccccc2)c1C. The summed E-state index contributed by atoms with van der Waals surface area (Å²) in [4.78, 5) is 11.8. The van der Waals surface area contributed by atoms with Crippen LogP contribution in [0.5, 0.6) is 0 Å². The van der Waals surface area contributed by atoms with E-state index in [1.54, 1.807) is 0 Å². The zero-order valence-corrected chi connectivity index (χ0v) is 13.3. The quantitative estimate of drug-likeness (QED) is 0.937. The van der Waals surface area contributed by atoms with Gasteiger partial charge in [-0.3, -0.25) is 9.48 Å². The van der Waals surface area contributed by atoms with Crippen molar-refractivity contribution < 1.29 is 4.79 Å². The summed E-state index contributed by atoms with van der Waals surface area (Å²) in [5.74, 6) is -0.320. The zero-order valence-electron chi connectivity index (χ0n) is 13.3. The van der Waals surface area contributed by atoms with Crippen LogP contribution in [-0.4, -0.2) is 15.7 Å². The molecule has 0 aliphatic rings. The Kier molecular flexibility index (Phi) is 3.90. The topological polar surface area (TPSA) is 60.9 Å². The third-order valence-electron chi connectivity index (χ3n) is 4.48. The van der Waals surface area contributed by atoms with E-state index >= 15 is 0 Å². The van der Waals surface area contributed by atoms with Gasteiger partial charge in [-0.1, -0.05) is 30.3 Å². The lowest BCUT2D eigenvalue weighted by molar-refractivity contribution is -0.128. The molecule has 0 saturated heterocycles. The van der Waals surface area contributed by atoms with E-state index in [1.165, 1.54) is 0 Å². The molecule has 4 heteroatoms. The van der Waals surface area contributed by atoms with E-state index in [0.717, 1.165) is 22.5 Å². The number of carbonyl (C=O) groups excluding carboxylic acids is 1. The Morgan fingerprint density at radius 3 is 2.33 bits per heavy atom. The van der Waals surface area contributed by atoms with Gasteiger partial charge in [-0.05, 0) is 40.2 Å². The van der Waals surface area contributed by atoms with E-state index in [9.17, 15) is 4.79 Å². The molecular weight excluding hydrogens is 262 g/mol. The van der Waals surface area contributed by atoms with Crippen molar-refractivity contribution in [1.82, 2.24) is 9.78 Å². The van der Waals surface area contributed by atoms with Crippen molar-refractivity contribution in [3.63, 3.8) is 0 Å². The molecule has 1 aromatic carbocycles. The molecule has 0 radical (unpaired) electrons. The van der Waals surface area contributed by atoms with Crippen LogP contribution >= 0.6 is 0 Å². The van der Waals surface area contributed by atoms with Gasteiger partial charge in [0.25, 0.3) is 0 Å². The molecule has 1 aromatic heterocycles. The summed E-state index contributed by atoms with van der Waals surface area (Å²) in [6, 6.07) is 9.99. The molecule has 1 atom stereocenters. The third-order valence-corrected chi connectivity index (χ3v) is 4.48. The molecule has 4 nitrogen and oxygen atoms in total. The monoisotopic (exact) mass is 285 g/mol. The summed E-state index contributed by atoms with van der Waals surface area (Å²) in [6.07, 6.45) is 0. The Morgan fingerprint density at radius 1 is 1.24 bits per heavy atom. The first-order valence-electron chi connectivity index (χ1n) is 7.17. The fraction of sp³-hybridized carbons (Fsp3) is 0.412. The van der Waals surface area contributed by atoms with Gasteiger partial charge in [-0.2, -0.15) is 5.10 Å². The maximum absolute atomic E-state index is 11.8. The standard InChI is InChI=1S/C17H23N3O/c1-11-12(2)19-20(13(3)17(4,5)16(18)21)15(11)14-9-7-6-8-10-14/h6-10,13H,1-5H3,(H2,18,21). The fourth-order valence-corrected chi connectivity index (χ4v) is 2.37. The van der Waals surface area contributed by atoms with E-state index < -0.39 is 5.41 Å². The highest BCUT2D eigenvalue weighted by atomic mass is 16.1. The minimum absolute atomic E-state index is 0.127. The number of carbonyl (C=O) groups is 1. The first-order chi connectivity index (χ1) is 9.76. The zero-order chi connectivity index (χ0) is 15.8. The molecule has 0 saturated carbocycles. The average molecular weight is 285 g/mol. The molecule has 112 valence electrons. The van der Waals surface area contributed by atoms with Crippen molar-refractivity contribution in [3.8, 4) is 11.3 Å². The van der Waals surface area contributed by atoms with Crippen LogP contribution in [0.15, 0.2) is 30.3 Å². The van der Waals surface area contributed by atoms with Gasteiger partial charge >= 0.3 is 0 Å². The number of amides is 1. The minimum Gasteiger partial charge on any atom is -0.369 e. The smallest absolute Gasteiger partial charge is 0.225 e. The minimum atomic E-state index is -0.672. The molecule has 21 heavy (non-hydrogen) atoms. The molecular formula is C17H23N3O. The highest BCUT2D eigenvalue weighted by Gasteiger charge is 2.35. The molecule has 0 bridgehead atoms. The molecule has 1 unspecified atom stereocenters. The second-order valence-corrected chi connectivity index (χ2v) is 6.13. The van der Waals surface area contributed by atoms with E-state index in [4.69, 9.17) is 5.73 Å². The van der Waals surface area contributed by atoms with E-state index in [-0.39, 0.29) is 11.9 Å². The van der Waals surface area contributed by atoms with E-state index in [0.29, 0.717) is 0 Å². The normalized spacial score (nSPS) is 13.2. The van der Waals surface area contributed by atoms with Gasteiger partial charge in [0.2, 0.25) is 5.91 Å². The second-order valence-electron chi connectivity index (χ2n) is 6.13. The van der Waals surface area contributed by atoms with Gasteiger partial charge in [0.1, 0.15) is 0 Å². The van der Waals surface area contributed by atoms with Crippen LogP contribution in [0.2, 0.25) is 0 Å². The van der Waals surface area contributed by atoms with Crippen molar-refractivity contribution in [2.45, 2.75) is 40.7 Å². The van der Waals surface area contributed by atoms with Crippen LogP contribution in [0, 0.1) is 19.3 Å². The average Bonchev–Trinajstić information content (AvgIpc) is 2.74. The number of hydrogen-bond donors (Lipinski definition) is 1.